The Morgan fingerprint density at radius 2 is 2.00 bits per heavy atom. The summed E-state index contributed by atoms with van der Waals surface area (Å²) in [6.07, 6.45) is 11.5. The Bertz CT molecular complexity index is 494. The highest BCUT2D eigenvalue weighted by Gasteiger charge is 2.17. The third-order valence-corrected chi connectivity index (χ3v) is 4.67. The fourth-order valence-electron chi connectivity index (χ4n) is 3.19. The van der Waals surface area contributed by atoms with E-state index < -0.39 is 0 Å². The fraction of sp³-hybridized carbons (Fsp3) is 0.579. The summed E-state index contributed by atoms with van der Waals surface area (Å²) in [5, 5.41) is 0. The summed E-state index contributed by atoms with van der Waals surface area (Å²) < 4.78 is 0. The molecule has 1 saturated carbocycles. The van der Waals surface area contributed by atoms with E-state index in [0.717, 1.165) is 12.5 Å². The van der Waals surface area contributed by atoms with Crippen LogP contribution in [0.2, 0.25) is 0 Å². The first-order valence-corrected chi connectivity index (χ1v) is 8.51. The second-order valence-corrected chi connectivity index (χ2v) is 6.79. The van der Waals surface area contributed by atoms with Gasteiger partial charge in [0.2, 0.25) is 0 Å². The topological polar surface area (TPSA) is 29.3 Å². The van der Waals surface area contributed by atoms with Gasteiger partial charge in [0.25, 0.3) is 0 Å². The molecule has 0 unspecified atom stereocenters. The van der Waals surface area contributed by atoms with Crippen LogP contribution in [0.3, 0.4) is 0 Å². The standard InChI is InChI=1S/C19H28N2/c1-15(20)19-10-8-17(14-21-11-3-2-4-12-21)13-18(19)9-7-16-5-6-16/h7-10,13,15-16H,2-6,11-12,14,20H2,1H3/b9-7+/t15-/m0/s1. The van der Waals surface area contributed by atoms with Crippen molar-refractivity contribution in [3.8, 4) is 0 Å². The van der Waals surface area contributed by atoms with Crippen LogP contribution < -0.4 is 5.73 Å². The Morgan fingerprint density at radius 3 is 2.67 bits per heavy atom. The number of allylic oxidation sites excluding steroid dienone is 1. The minimum absolute atomic E-state index is 0.105. The summed E-state index contributed by atoms with van der Waals surface area (Å²) in [5.74, 6) is 0.816. The third-order valence-electron chi connectivity index (χ3n) is 4.67. The van der Waals surface area contributed by atoms with Crippen molar-refractivity contribution >= 4 is 6.08 Å². The van der Waals surface area contributed by atoms with Crippen LogP contribution in [0.15, 0.2) is 24.3 Å². The maximum atomic E-state index is 6.13. The molecule has 1 heterocycles. The van der Waals surface area contributed by atoms with Gasteiger partial charge in [-0.15, -0.1) is 0 Å². The molecular formula is C19H28N2. The molecule has 114 valence electrons. The van der Waals surface area contributed by atoms with E-state index in [1.807, 2.05) is 0 Å². The Morgan fingerprint density at radius 1 is 1.24 bits per heavy atom. The van der Waals surface area contributed by atoms with Crippen molar-refractivity contribution in [1.82, 2.24) is 4.90 Å². The normalized spacial score (nSPS) is 21.8. The lowest BCUT2D eigenvalue weighted by atomic mass is 9.98. The molecule has 1 aliphatic carbocycles. The van der Waals surface area contributed by atoms with Gasteiger partial charge in [0.1, 0.15) is 0 Å². The monoisotopic (exact) mass is 284 g/mol. The lowest BCUT2D eigenvalue weighted by Crippen LogP contribution is -2.29. The molecule has 0 radical (unpaired) electrons. The van der Waals surface area contributed by atoms with Gasteiger partial charge in [-0.05, 0) is 68.3 Å². The first-order valence-electron chi connectivity index (χ1n) is 8.51. The molecule has 1 aromatic rings. The Kier molecular flexibility index (Phi) is 4.77. The van der Waals surface area contributed by atoms with Crippen LogP contribution in [0.4, 0.5) is 0 Å². The highest BCUT2D eigenvalue weighted by molar-refractivity contribution is 5.56. The summed E-state index contributed by atoms with van der Waals surface area (Å²) >= 11 is 0. The van der Waals surface area contributed by atoms with Gasteiger partial charge in [-0.3, -0.25) is 4.90 Å². The predicted molar refractivity (Wildman–Crippen MR) is 89.9 cm³/mol. The minimum atomic E-state index is 0.105. The summed E-state index contributed by atoms with van der Waals surface area (Å²) in [4.78, 5) is 2.58. The van der Waals surface area contributed by atoms with E-state index in [1.54, 1.807) is 0 Å². The van der Waals surface area contributed by atoms with Crippen molar-refractivity contribution in [1.29, 1.82) is 0 Å². The smallest absolute Gasteiger partial charge is 0.0272 e. The zero-order valence-electron chi connectivity index (χ0n) is 13.2. The second-order valence-electron chi connectivity index (χ2n) is 6.79. The van der Waals surface area contributed by atoms with Gasteiger partial charge in [0.05, 0.1) is 0 Å². The minimum Gasteiger partial charge on any atom is -0.324 e. The average Bonchev–Trinajstić information content (AvgIpc) is 3.30. The van der Waals surface area contributed by atoms with Gasteiger partial charge < -0.3 is 5.73 Å². The van der Waals surface area contributed by atoms with E-state index in [2.05, 4.69) is 42.2 Å². The number of rotatable bonds is 5. The molecule has 0 bridgehead atoms. The zero-order valence-corrected chi connectivity index (χ0v) is 13.2. The Balaban J connectivity index is 1.75. The molecule has 21 heavy (non-hydrogen) atoms. The quantitative estimate of drug-likeness (QED) is 0.881. The van der Waals surface area contributed by atoms with E-state index in [0.29, 0.717) is 0 Å². The molecule has 2 heteroatoms. The van der Waals surface area contributed by atoms with E-state index in [-0.39, 0.29) is 6.04 Å². The van der Waals surface area contributed by atoms with Gasteiger partial charge >= 0.3 is 0 Å². The van der Waals surface area contributed by atoms with Gasteiger partial charge in [-0.25, -0.2) is 0 Å². The number of benzene rings is 1. The van der Waals surface area contributed by atoms with Crippen molar-refractivity contribution in [3.63, 3.8) is 0 Å². The van der Waals surface area contributed by atoms with Crippen molar-refractivity contribution in [2.75, 3.05) is 13.1 Å². The van der Waals surface area contributed by atoms with E-state index >= 15 is 0 Å². The molecule has 3 rings (SSSR count). The maximum Gasteiger partial charge on any atom is 0.0272 e. The molecule has 2 N–H and O–H groups in total. The predicted octanol–water partition coefficient (Wildman–Crippen LogP) is 4.12. The summed E-state index contributed by atoms with van der Waals surface area (Å²) in [6, 6.07) is 6.96. The van der Waals surface area contributed by atoms with Crippen LogP contribution in [-0.2, 0) is 6.54 Å². The lowest BCUT2D eigenvalue weighted by Gasteiger charge is -2.26. The average molecular weight is 284 g/mol. The van der Waals surface area contributed by atoms with Crippen LogP contribution in [-0.4, -0.2) is 18.0 Å². The Hall–Kier alpha value is -1.12. The van der Waals surface area contributed by atoms with E-state index in [9.17, 15) is 0 Å². The number of hydrogen-bond donors (Lipinski definition) is 1. The van der Waals surface area contributed by atoms with Gasteiger partial charge in [0.15, 0.2) is 0 Å². The van der Waals surface area contributed by atoms with Gasteiger partial charge in [-0.1, -0.05) is 36.8 Å². The SMILES string of the molecule is C[C@H](N)c1ccc(CN2CCCCC2)cc1/C=C/C1CC1. The molecular weight excluding hydrogens is 256 g/mol. The molecule has 2 fully saturated rings. The number of nitrogens with two attached hydrogens (primary N) is 1. The zero-order chi connectivity index (χ0) is 14.7. The molecule has 1 saturated heterocycles. The van der Waals surface area contributed by atoms with E-state index in [4.69, 9.17) is 5.73 Å². The van der Waals surface area contributed by atoms with Crippen LogP contribution in [0.5, 0.6) is 0 Å². The number of piperidine rings is 1. The van der Waals surface area contributed by atoms with Gasteiger partial charge in [-0.2, -0.15) is 0 Å². The highest BCUT2D eigenvalue weighted by atomic mass is 15.1. The lowest BCUT2D eigenvalue weighted by molar-refractivity contribution is 0.221. The number of likely N-dealkylation sites (tertiary alicyclic amines) is 1. The first kappa shape index (κ1) is 14.8. The molecule has 1 aliphatic heterocycles. The third kappa shape index (κ3) is 4.18. The largest absolute Gasteiger partial charge is 0.324 e. The van der Waals surface area contributed by atoms with E-state index in [1.165, 1.54) is 61.9 Å². The van der Waals surface area contributed by atoms with Crippen LogP contribution in [0.1, 0.15) is 61.8 Å². The highest BCUT2D eigenvalue weighted by Crippen LogP contribution is 2.31. The number of nitrogens with zero attached hydrogens (tertiary/aromatic N) is 1. The summed E-state index contributed by atoms with van der Waals surface area (Å²) in [7, 11) is 0. The van der Waals surface area contributed by atoms with Crippen molar-refractivity contribution in [2.24, 2.45) is 11.7 Å². The molecule has 0 aromatic heterocycles. The van der Waals surface area contributed by atoms with Crippen molar-refractivity contribution in [2.45, 2.75) is 51.6 Å². The van der Waals surface area contributed by atoms with Crippen molar-refractivity contribution < 1.29 is 0 Å². The second kappa shape index (κ2) is 6.76. The molecule has 2 aliphatic rings. The molecule has 2 nitrogen and oxygen atoms in total. The van der Waals surface area contributed by atoms with Crippen LogP contribution in [0.25, 0.3) is 6.08 Å². The molecule has 0 spiro atoms. The maximum absolute atomic E-state index is 6.13. The molecule has 0 amide bonds. The fourth-order valence-corrected chi connectivity index (χ4v) is 3.19. The van der Waals surface area contributed by atoms with Gasteiger partial charge in [0, 0.05) is 12.6 Å². The molecule has 1 aromatic carbocycles. The number of hydrogen-bond acceptors (Lipinski definition) is 2. The Labute approximate surface area is 129 Å². The first-order chi connectivity index (χ1) is 10.2. The van der Waals surface area contributed by atoms with Crippen LogP contribution >= 0.6 is 0 Å². The molecule has 1 atom stereocenters. The summed E-state index contributed by atoms with van der Waals surface area (Å²) in [5.41, 5.74) is 10.2. The summed E-state index contributed by atoms with van der Waals surface area (Å²) in [6.45, 7) is 5.67. The van der Waals surface area contributed by atoms with Crippen molar-refractivity contribution in [3.05, 3.63) is 41.0 Å². The van der Waals surface area contributed by atoms with Crippen LogP contribution in [0, 0.1) is 5.92 Å².